The molecule has 0 heterocycles. The molecule has 88 valence electrons. The van der Waals surface area contributed by atoms with Crippen LogP contribution in [-0.2, 0) is 4.79 Å². The van der Waals surface area contributed by atoms with Gasteiger partial charge in [-0.25, -0.2) is 4.39 Å². The molecule has 1 aromatic carbocycles. The highest BCUT2D eigenvalue weighted by Crippen LogP contribution is 2.26. The second-order valence-corrected chi connectivity index (χ2v) is 4.22. The lowest BCUT2D eigenvalue weighted by Gasteiger charge is -2.11. The van der Waals surface area contributed by atoms with E-state index in [1.807, 2.05) is 0 Å². The van der Waals surface area contributed by atoms with Crippen LogP contribution in [0.3, 0.4) is 0 Å². The Kier molecular flexibility index (Phi) is 3.76. The largest absolute Gasteiger partial charge is 0.471 e. The quantitative estimate of drug-likeness (QED) is 0.613. The zero-order valence-corrected chi connectivity index (χ0v) is 10.1. The van der Waals surface area contributed by atoms with Crippen LogP contribution in [0.5, 0.6) is 0 Å². The van der Waals surface area contributed by atoms with E-state index in [0.29, 0.717) is 5.56 Å². The highest BCUT2D eigenvalue weighted by atomic mass is 127. The molecule has 1 rings (SSSR count). The van der Waals surface area contributed by atoms with Gasteiger partial charge in [0, 0.05) is 3.57 Å². The maximum Gasteiger partial charge on any atom is 0.471 e. The smallest absolute Gasteiger partial charge is 0.315 e. The first-order valence-corrected chi connectivity index (χ1v) is 5.13. The first-order chi connectivity index (χ1) is 7.21. The zero-order valence-electron chi connectivity index (χ0n) is 7.95. The van der Waals surface area contributed by atoms with Gasteiger partial charge in [-0.05, 0) is 47.2 Å². The van der Waals surface area contributed by atoms with Gasteiger partial charge in [0.25, 0.3) is 0 Å². The summed E-state index contributed by atoms with van der Waals surface area (Å²) < 4.78 is 49.3. The minimum Gasteiger partial charge on any atom is -0.315 e. The average molecular weight is 347 g/mol. The number of benzene rings is 1. The Morgan fingerprint density at radius 2 is 1.94 bits per heavy atom. The Balaban J connectivity index is 3.03. The van der Waals surface area contributed by atoms with E-state index < -0.39 is 23.6 Å². The molecule has 7 heteroatoms. The van der Waals surface area contributed by atoms with Crippen molar-refractivity contribution in [3.63, 3.8) is 0 Å². The van der Waals surface area contributed by atoms with Crippen LogP contribution in [0.15, 0.2) is 12.1 Å². The molecule has 0 aliphatic carbocycles. The first kappa shape index (κ1) is 13.2. The van der Waals surface area contributed by atoms with Crippen molar-refractivity contribution in [2.45, 2.75) is 13.1 Å². The molecule has 2 nitrogen and oxygen atoms in total. The van der Waals surface area contributed by atoms with Crippen LogP contribution in [0.2, 0.25) is 0 Å². The van der Waals surface area contributed by atoms with Crippen molar-refractivity contribution in [1.29, 1.82) is 0 Å². The van der Waals surface area contributed by atoms with Crippen molar-refractivity contribution < 1.29 is 22.4 Å². The van der Waals surface area contributed by atoms with Gasteiger partial charge in [-0.1, -0.05) is 0 Å². The molecular weight excluding hydrogens is 341 g/mol. The molecule has 16 heavy (non-hydrogen) atoms. The average Bonchev–Trinajstić information content (AvgIpc) is 2.08. The number of anilines is 1. The predicted molar refractivity (Wildman–Crippen MR) is 58.5 cm³/mol. The van der Waals surface area contributed by atoms with Crippen molar-refractivity contribution in [3.05, 3.63) is 27.1 Å². The van der Waals surface area contributed by atoms with E-state index in [-0.39, 0.29) is 3.57 Å². The molecule has 0 fully saturated rings. The van der Waals surface area contributed by atoms with E-state index in [2.05, 4.69) is 0 Å². The summed E-state index contributed by atoms with van der Waals surface area (Å²) in [5, 5.41) is 1.50. The molecule has 0 atom stereocenters. The van der Waals surface area contributed by atoms with Crippen LogP contribution in [-0.4, -0.2) is 12.1 Å². The highest BCUT2D eigenvalue weighted by Gasteiger charge is 2.39. The maximum atomic E-state index is 13.3. The fraction of sp³-hybridized carbons (Fsp3) is 0.222. The molecule has 1 amide bonds. The summed E-state index contributed by atoms with van der Waals surface area (Å²) in [4.78, 5) is 10.6. The summed E-state index contributed by atoms with van der Waals surface area (Å²) in [6.07, 6.45) is -5.03. The van der Waals surface area contributed by atoms with Crippen LogP contribution >= 0.6 is 22.6 Å². The maximum absolute atomic E-state index is 13.3. The predicted octanol–water partition coefficient (Wildman–Crippen LogP) is 3.24. The lowest BCUT2D eigenvalue weighted by molar-refractivity contribution is -0.167. The molecule has 0 spiro atoms. The molecule has 0 aliphatic heterocycles. The summed E-state index contributed by atoms with van der Waals surface area (Å²) in [7, 11) is 0. The number of aryl methyl sites for hydroxylation is 1. The Morgan fingerprint density at radius 3 is 2.38 bits per heavy atom. The van der Waals surface area contributed by atoms with Crippen molar-refractivity contribution in [2.75, 3.05) is 5.32 Å². The number of nitrogens with one attached hydrogen (secondary N) is 1. The van der Waals surface area contributed by atoms with Crippen LogP contribution in [0.4, 0.5) is 23.2 Å². The number of amides is 1. The van der Waals surface area contributed by atoms with Crippen LogP contribution in [0, 0.1) is 16.3 Å². The minimum absolute atomic E-state index is 0.215. The number of alkyl halides is 3. The minimum atomic E-state index is -5.03. The Bertz CT molecular complexity index is 407. The van der Waals surface area contributed by atoms with E-state index in [1.54, 1.807) is 29.5 Å². The molecule has 1 aromatic rings. The summed E-state index contributed by atoms with van der Waals surface area (Å²) in [6.45, 7) is 1.60. The van der Waals surface area contributed by atoms with E-state index in [4.69, 9.17) is 0 Å². The van der Waals surface area contributed by atoms with Gasteiger partial charge in [0.05, 0.1) is 5.69 Å². The van der Waals surface area contributed by atoms with E-state index in [9.17, 15) is 22.4 Å². The third kappa shape index (κ3) is 3.06. The third-order valence-electron chi connectivity index (χ3n) is 1.68. The summed E-state index contributed by atoms with van der Waals surface area (Å²) >= 11 is 1.65. The van der Waals surface area contributed by atoms with Gasteiger partial charge < -0.3 is 5.32 Å². The van der Waals surface area contributed by atoms with Crippen LogP contribution < -0.4 is 5.32 Å². The van der Waals surface area contributed by atoms with Gasteiger partial charge >= 0.3 is 12.1 Å². The molecular formula is C9H6F4INO. The monoisotopic (exact) mass is 347 g/mol. The molecule has 0 aliphatic rings. The molecule has 0 aromatic heterocycles. The van der Waals surface area contributed by atoms with Crippen LogP contribution in [0.25, 0.3) is 0 Å². The number of carbonyl (C=O) groups excluding carboxylic acids is 1. The van der Waals surface area contributed by atoms with Crippen molar-refractivity contribution in [2.24, 2.45) is 0 Å². The molecule has 1 N–H and O–H groups in total. The third-order valence-corrected chi connectivity index (χ3v) is 2.53. The Hall–Kier alpha value is -0.860. The summed E-state index contributed by atoms with van der Waals surface area (Å²) in [5.74, 6) is -3.07. The fourth-order valence-corrected chi connectivity index (χ4v) is 1.89. The lowest BCUT2D eigenvalue weighted by Crippen LogP contribution is -2.30. The number of hydrogen-bond donors (Lipinski definition) is 1. The number of halogens is 5. The van der Waals surface area contributed by atoms with Gasteiger partial charge in [-0.2, -0.15) is 13.2 Å². The standard InChI is InChI=1S/C9H6F4INO/c1-4-2-5(10)7(6(14)3-4)15-8(16)9(11,12)13/h2-3H,1H3,(H,15,16). The second-order valence-electron chi connectivity index (χ2n) is 3.06. The highest BCUT2D eigenvalue weighted by molar-refractivity contribution is 14.1. The van der Waals surface area contributed by atoms with Gasteiger partial charge in [-0.15, -0.1) is 0 Å². The lowest BCUT2D eigenvalue weighted by atomic mass is 10.2. The SMILES string of the molecule is Cc1cc(F)c(NC(=O)C(F)(F)F)c(I)c1. The molecule has 0 saturated carbocycles. The van der Waals surface area contributed by atoms with E-state index in [1.165, 1.54) is 11.4 Å². The molecule has 0 unspecified atom stereocenters. The summed E-state index contributed by atoms with van der Waals surface area (Å²) in [6, 6.07) is 2.52. The summed E-state index contributed by atoms with van der Waals surface area (Å²) in [5.41, 5.74) is 0.112. The Morgan fingerprint density at radius 1 is 1.38 bits per heavy atom. The van der Waals surface area contributed by atoms with E-state index in [0.717, 1.165) is 6.07 Å². The zero-order chi connectivity index (χ0) is 12.5. The topological polar surface area (TPSA) is 29.1 Å². The fourth-order valence-electron chi connectivity index (χ4n) is 1.00. The second kappa shape index (κ2) is 4.56. The number of rotatable bonds is 1. The molecule has 0 saturated heterocycles. The van der Waals surface area contributed by atoms with Crippen molar-refractivity contribution in [1.82, 2.24) is 0 Å². The normalized spacial score (nSPS) is 11.4. The van der Waals surface area contributed by atoms with Crippen molar-refractivity contribution >= 4 is 34.2 Å². The van der Waals surface area contributed by atoms with Gasteiger partial charge in [0.15, 0.2) is 0 Å². The number of carbonyl (C=O) groups is 1. The van der Waals surface area contributed by atoms with Gasteiger partial charge in [0.1, 0.15) is 5.82 Å². The molecule has 0 radical (unpaired) electrons. The number of hydrogen-bond acceptors (Lipinski definition) is 1. The van der Waals surface area contributed by atoms with Crippen molar-refractivity contribution in [3.8, 4) is 0 Å². The van der Waals surface area contributed by atoms with E-state index >= 15 is 0 Å². The molecule has 0 bridgehead atoms. The Labute approximate surface area is 102 Å². The van der Waals surface area contributed by atoms with Crippen LogP contribution in [0.1, 0.15) is 5.56 Å². The first-order valence-electron chi connectivity index (χ1n) is 4.05. The van der Waals surface area contributed by atoms with Gasteiger partial charge in [-0.3, -0.25) is 4.79 Å². The van der Waals surface area contributed by atoms with Gasteiger partial charge in [0.2, 0.25) is 0 Å².